The molecule has 2 N–H and O–H groups in total. The van der Waals surface area contributed by atoms with E-state index in [1.165, 1.54) is 13.6 Å². The predicted molar refractivity (Wildman–Crippen MR) is 64.8 cm³/mol. The number of carbonyl (C=O) groups excluding carboxylic acids is 4. The summed E-state index contributed by atoms with van der Waals surface area (Å²) in [7, 11) is 1.43. The zero-order valence-electron chi connectivity index (χ0n) is 12.5. The number of rotatable bonds is 10. The molecule has 0 aromatic rings. The minimum absolute atomic E-state index is 0. The van der Waals surface area contributed by atoms with Crippen LogP contribution in [0.25, 0.3) is 0 Å². The summed E-state index contributed by atoms with van der Waals surface area (Å²) in [5.74, 6) is -7.70. The van der Waals surface area contributed by atoms with E-state index in [0.29, 0.717) is 6.92 Å². The van der Waals surface area contributed by atoms with Gasteiger partial charge in [0.05, 0.1) is 0 Å². The Morgan fingerprint density at radius 3 is 1.62 bits per heavy atom. The molecule has 0 spiro atoms. The standard InChI is InChI=1S/C8H7O9.C3H5O3.Y/c1-4(10)8(5(11)12,6(13)14)7(15)17-3-16-2-9;1-5-3-6-2-4;/h3H2,1H3,(H,11,12)(H,13,14);3H2,1H3;/q2*-1;. The van der Waals surface area contributed by atoms with Crippen LogP contribution in [0.2, 0.25) is 0 Å². The molecule has 0 atom stereocenters. The Morgan fingerprint density at radius 2 is 1.38 bits per heavy atom. The number of carboxylic acid groups (broad SMARTS) is 2. The summed E-state index contributed by atoms with van der Waals surface area (Å²) in [5.41, 5.74) is -3.37. The van der Waals surface area contributed by atoms with Crippen molar-refractivity contribution >= 4 is 36.6 Å². The van der Waals surface area contributed by atoms with E-state index < -0.39 is 35.9 Å². The fourth-order valence-corrected chi connectivity index (χ4v) is 1.01. The number of methoxy groups -OCH3 is 1. The Kier molecular flexibility index (Phi) is 16.5. The molecule has 133 valence electrons. The zero-order chi connectivity index (χ0) is 18.5. The maximum atomic E-state index is 11.2. The molecule has 0 aliphatic heterocycles. The van der Waals surface area contributed by atoms with E-state index in [0.717, 1.165) is 6.47 Å². The van der Waals surface area contributed by atoms with Crippen LogP contribution in [0.5, 0.6) is 0 Å². The number of carboxylic acids is 2. The van der Waals surface area contributed by atoms with Gasteiger partial charge in [0.15, 0.2) is 12.6 Å². The number of Topliss-reactive ketones (excluding diaryl/α,β-unsaturated/α-hetero) is 1. The third-order valence-corrected chi connectivity index (χ3v) is 2.02. The minimum atomic E-state index is -3.37. The van der Waals surface area contributed by atoms with E-state index in [-0.39, 0.29) is 39.5 Å². The van der Waals surface area contributed by atoms with Crippen molar-refractivity contribution in [3.63, 3.8) is 0 Å². The van der Waals surface area contributed by atoms with Crippen LogP contribution < -0.4 is 0 Å². The molecule has 0 aliphatic carbocycles. The van der Waals surface area contributed by atoms with Gasteiger partial charge in [0.25, 0.3) is 0 Å². The first kappa shape index (κ1) is 27.0. The van der Waals surface area contributed by atoms with Crippen LogP contribution in [0.1, 0.15) is 6.92 Å². The van der Waals surface area contributed by atoms with Gasteiger partial charge in [0.2, 0.25) is 6.79 Å². The number of hydrogen-bond donors (Lipinski definition) is 2. The van der Waals surface area contributed by atoms with Crippen molar-refractivity contribution in [3.8, 4) is 0 Å². The van der Waals surface area contributed by atoms with E-state index in [1.807, 2.05) is 0 Å². The van der Waals surface area contributed by atoms with Gasteiger partial charge in [-0.05, 0) is 6.92 Å². The molecule has 0 fully saturated rings. The van der Waals surface area contributed by atoms with Gasteiger partial charge < -0.3 is 38.7 Å². The van der Waals surface area contributed by atoms with Crippen LogP contribution in [0.4, 0.5) is 0 Å². The topological polar surface area (TPSA) is 180 Å². The minimum Gasteiger partial charge on any atom is -0.634 e. The van der Waals surface area contributed by atoms with Crippen LogP contribution in [-0.4, -0.2) is 67.5 Å². The van der Waals surface area contributed by atoms with Crippen molar-refractivity contribution in [2.24, 2.45) is 5.41 Å². The second-order valence-electron chi connectivity index (χ2n) is 3.33. The van der Waals surface area contributed by atoms with Gasteiger partial charge in [-0.1, -0.05) is 12.9 Å². The number of esters is 1. The Balaban J connectivity index is -0.000000538. The predicted octanol–water partition coefficient (Wildman–Crippen LogP) is -2.01. The summed E-state index contributed by atoms with van der Waals surface area (Å²) in [6.07, 6.45) is 0. The monoisotopic (exact) mass is 425 g/mol. The third kappa shape index (κ3) is 8.08. The van der Waals surface area contributed by atoms with Gasteiger partial charge in [-0.15, -0.1) is 0 Å². The first-order chi connectivity index (χ1) is 10.7. The summed E-state index contributed by atoms with van der Waals surface area (Å²) in [6.45, 7) is 1.60. The second kappa shape index (κ2) is 14.7. The van der Waals surface area contributed by atoms with E-state index in [9.17, 15) is 24.0 Å². The molecule has 0 aromatic heterocycles. The average molecular weight is 425 g/mol. The number of aliphatic carboxylic acids is 2. The first-order valence-electron chi connectivity index (χ1n) is 5.35. The van der Waals surface area contributed by atoms with E-state index in [2.05, 4.69) is 18.9 Å². The Bertz CT molecular complexity index is 424. The van der Waals surface area contributed by atoms with Crippen molar-refractivity contribution in [2.45, 2.75) is 6.92 Å². The zero-order valence-corrected chi connectivity index (χ0v) is 15.3. The van der Waals surface area contributed by atoms with Crippen LogP contribution >= 0.6 is 0 Å². The van der Waals surface area contributed by atoms with Crippen molar-refractivity contribution < 1.29 is 90.6 Å². The van der Waals surface area contributed by atoms with E-state index >= 15 is 0 Å². The molecular formula is C11H12O12Y-2. The van der Waals surface area contributed by atoms with E-state index in [4.69, 9.17) is 15.0 Å². The summed E-state index contributed by atoms with van der Waals surface area (Å²) in [5, 5.41) is 17.3. The molecule has 0 rings (SSSR count). The van der Waals surface area contributed by atoms with Gasteiger partial charge >= 0.3 is 23.3 Å². The molecule has 0 aromatic carbocycles. The molecule has 0 saturated heterocycles. The molecule has 12 nitrogen and oxygen atoms in total. The van der Waals surface area contributed by atoms with Crippen molar-refractivity contribution in [3.05, 3.63) is 0 Å². The van der Waals surface area contributed by atoms with Crippen LogP contribution in [0.15, 0.2) is 0 Å². The molecule has 0 bridgehead atoms. The smallest absolute Gasteiger partial charge is 0.345 e. The SMILES string of the molecule is CC(=O)C(C(=O)O)(C(=O)O)C(=O)OCO[C-]=O.COCO[C-]=O.[Y]. The van der Waals surface area contributed by atoms with Crippen molar-refractivity contribution in [2.75, 3.05) is 20.7 Å². The van der Waals surface area contributed by atoms with Crippen LogP contribution in [0.3, 0.4) is 0 Å². The Labute approximate surface area is 160 Å². The van der Waals surface area contributed by atoms with Gasteiger partial charge in [-0.3, -0.25) is 4.79 Å². The molecule has 0 amide bonds. The number of hydrogen-bond acceptors (Lipinski definition) is 10. The molecule has 24 heavy (non-hydrogen) atoms. The largest absolute Gasteiger partial charge is 0.634 e. The Morgan fingerprint density at radius 1 is 0.958 bits per heavy atom. The maximum Gasteiger partial charge on any atom is 0.345 e. The second-order valence-corrected chi connectivity index (χ2v) is 3.33. The number of ether oxygens (including phenoxy) is 4. The molecule has 0 heterocycles. The van der Waals surface area contributed by atoms with Crippen LogP contribution in [0, 0.1) is 5.41 Å². The number of carbonyl (C=O) groups is 4. The average Bonchev–Trinajstić information content (AvgIpc) is 2.45. The molecule has 0 saturated carbocycles. The summed E-state index contributed by atoms with van der Waals surface area (Å²) in [4.78, 5) is 62.5. The van der Waals surface area contributed by atoms with Crippen molar-refractivity contribution in [1.29, 1.82) is 0 Å². The molecule has 0 unspecified atom stereocenters. The fraction of sp³-hybridized carbons (Fsp3) is 0.455. The molecule has 13 heteroatoms. The van der Waals surface area contributed by atoms with Crippen LogP contribution in [-0.2, 0) is 80.4 Å². The molecule has 0 aliphatic rings. The summed E-state index contributed by atoms with van der Waals surface area (Å²) < 4.78 is 16.1. The summed E-state index contributed by atoms with van der Waals surface area (Å²) >= 11 is 0. The Hall–Kier alpha value is -1.92. The van der Waals surface area contributed by atoms with Gasteiger partial charge in [0.1, 0.15) is 0 Å². The summed E-state index contributed by atoms with van der Waals surface area (Å²) in [6, 6.07) is 0. The quantitative estimate of drug-likeness (QED) is 0.129. The van der Waals surface area contributed by atoms with Gasteiger partial charge in [-0.2, -0.15) is 0 Å². The van der Waals surface area contributed by atoms with Gasteiger partial charge in [0, 0.05) is 39.8 Å². The first-order valence-corrected chi connectivity index (χ1v) is 5.35. The van der Waals surface area contributed by atoms with Gasteiger partial charge in [-0.25, -0.2) is 14.4 Å². The normalized spacial score (nSPS) is 9.08. The van der Waals surface area contributed by atoms with Crippen molar-refractivity contribution in [1.82, 2.24) is 0 Å². The molecule has 1 radical (unpaired) electrons. The fourth-order valence-electron chi connectivity index (χ4n) is 1.01. The molecular weight excluding hydrogens is 413 g/mol. The third-order valence-electron chi connectivity index (χ3n) is 2.02. The maximum absolute atomic E-state index is 11.2. The van der Waals surface area contributed by atoms with E-state index in [1.54, 1.807) is 0 Å². The number of ketones is 1.